The third-order valence-corrected chi connectivity index (χ3v) is 14.5. The molecule has 7 aromatic carbocycles. The summed E-state index contributed by atoms with van der Waals surface area (Å²) < 4.78 is 0. The molecule has 1 nitrogen and oxygen atoms in total. The number of nitrogens with zero attached hydrogens (tertiary/aromatic N) is 1. The van der Waals surface area contributed by atoms with Crippen molar-refractivity contribution in [3.63, 3.8) is 0 Å². The molecule has 2 bridgehead atoms. The number of benzene rings is 7. The van der Waals surface area contributed by atoms with Crippen LogP contribution in [0.25, 0.3) is 43.8 Å². The zero-order valence-electron chi connectivity index (χ0n) is 32.4. The minimum atomic E-state index is -0.147. The number of rotatable bonds is 6. The summed E-state index contributed by atoms with van der Waals surface area (Å²) in [5, 5.41) is 5.26. The third kappa shape index (κ3) is 5.41. The van der Waals surface area contributed by atoms with Crippen LogP contribution in [0, 0.1) is 11.8 Å². The average Bonchev–Trinajstić information content (AvgIpc) is 3.94. The molecule has 0 radical (unpaired) electrons. The molecule has 0 aliphatic heterocycles. The van der Waals surface area contributed by atoms with E-state index in [1.807, 2.05) is 0 Å². The van der Waals surface area contributed by atoms with Gasteiger partial charge in [-0.2, -0.15) is 0 Å². The average molecular weight is 714 g/mol. The Balaban J connectivity index is 1.07. The van der Waals surface area contributed by atoms with Crippen LogP contribution in [-0.2, 0) is 5.41 Å². The van der Waals surface area contributed by atoms with Gasteiger partial charge >= 0.3 is 0 Å². The normalized spacial score (nSPS) is 21.2. The molecule has 272 valence electrons. The van der Waals surface area contributed by atoms with E-state index in [4.69, 9.17) is 0 Å². The summed E-state index contributed by atoms with van der Waals surface area (Å²) in [6.07, 6.45) is 12.4. The second-order valence-electron chi connectivity index (χ2n) is 17.9. The lowest BCUT2D eigenvalue weighted by atomic mass is 9.81. The Bertz CT molecular complexity index is 2580. The largest absolute Gasteiger partial charge is 0.310 e. The van der Waals surface area contributed by atoms with E-state index in [9.17, 15) is 0 Å². The van der Waals surface area contributed by atoms with Crippen LogP contribution < -0.4 is 4.90 Å². The molecule has 3 fully saturated rings. The number of hydrogen-bond acceptors (Lipinski definition) is 1. The smallest absolute Gasteiger partial charge is 0.0540 e. The molecular formula is C54H51N. The van der Waals surface area contributed by atoms with Gasteiger partial charge in [-0.1, -0.05) is 143 Å². The van der Waals surface area contributed by atoms with Gasteiger partial charge in [0.2, 0.25) is 0 Å². The second-order valence-corrected chi connectivity index (χ2v) is 17.9. The fourth-order valence-corrected chi connectivity index (χ4v) is 11.7. The SMILES string of the molecule is CC1(C)c2cc(N(c3ccc(C4CC5CCC4C5)cc3)c3cccc4ccc(C5CCCCC5)cc34)ccc2-c2c(-c3cccc4ccccc34)cccc21. The first-order valence-corrected chi connectivity index (χ1v) is 21.2. The highest BCUT2D eigenvalue weighted by atomic mass is 15.1. The first-order valence-electron chi connectivity index (χ1n) is 21.2. The molecule has 4 aliphatic carbocycles. The van der Waals surface area contributed by atoms with Crippen LogP contribution in [0.5, 0.6) is 0 Å². The molecule has 0 amide bonds. The zero-order valence-corrected chi connectivity index (χ0v) is 32.4. The van der Waals surface area contributed by atoms with Crippen LogP contribution >= 0.6 is 0 Å². The molecule has 3 atom stereocenters. The van der Waals surface area contributed by atoms with Crippen LogP contribution in [0.2, 0.25) is 0 Å². The quantitative estimate of drug-likeness (QED) is 0.166. The molecule has 0 aromatic heterocycles. The Morgan fingerprint density at radius 3 is 2.05 bits per heavy atom. The summed E-state index contributed by atoms with van der Waals surface area (Å²) in [5.74, 6) is 3.21. The summed E-state index contributed by atoms with van der Waals surface area (Å²) in [4.78, 5) is 2.57. The van der Waals surface area contributed by atoms with Crippen molar-refractivity contribution in [3.05, 3.63) is 162 Å². The van der Waals surface area contributed by atoms with Crippen molar-refractivity contribution < 1.29 is 0 Å². The number of hydrogen-bond donors (Lipinski definition) is 0. The monoisotopic (exact) mass is 713 g/mol. The van der Waals surface area contributed by atoms with E-state index in [-0.39, 0.29) is 5.41 Å². The minimum Gasteiger partial charge on any atom is -0.310 e. The molecule has 0 heterocycles. The highest BCUT2D eigenvalue weighted by Crippen LogP contribution is 2.56. The molecule has 11 rings (SSSR count). The van der Waals surface area contributed by atoms with Gasteiger partial charge in [0, 0.05) is 22.2 Å². The lowest BCUT2D eigenvalue weighted by molar-refractivity contribution is 0.420. The van der Waals surface area contributed by atoms with Gasteiger partial charge in [-0.15, -0.1) is 0 Å². The Morgan fingerprint density at radius 2 is 1.24 bits per heavy atom. The fraction of sp³-hybridized carbons (Fsp3) is 0.296. The standard InChI is InChI=1S/C54H51N/c1-54(2)50-19-10-18-46(45-17-8-14-37-13-6-7-16-44(37)45)53(50)47-30-29-43(34-51(47)54)55(42-27-25-39(26-28-42)48-32-35-21-22-41(48)31-35)52-20-9-15-38-23-24-40(33-49(38)52)36-11-4-3-5-12-36/h6-10,13-20,23-30,33-36,41,48H,3-5,11-12,21-22,31-32H2,1-2H3. The first kappa shape index (κ1) is 33.2. The maximum Gasteiger partial charge on any atom is 0.0540 e. The topological polar surface area (TPSA) is 3.24 Å². The molecule has 4 aliphatic rings. The number of anilines is 3. The summed E-state index contributed by atoms with van der Waals surface area (Å²) in [7, 11) is 0. The molecule has 7 aromatic rings. The van der Waals surface area contributed by atoms with E-state index >= 15 is 0 Å². The van der Waals surface area contributed by atoms with Crippen LogP contribution in [0.1, 0.15) is 106 Å². The van der Waals surface area contributed by atoms with E-state index in [0.29, 0.717) is 5.92 Å². The first-order chi connectivity index (χ1) is 27.0. The van der Waals surface area contributed by atoms with Crippen LogP contribution in [0.15, 0.2) is 140 Å². The minimum absolute atomic E-state index is 0.147. The van der Waals surface area contributed by atoms with Gasteiger partial charge in [0.1, 0.15) is 0 Å². The third-order valence-electron chi connectivity index (χ3n) is 14.5. The highest BCUT2D eigenvalue weighted by molar-refractivity contribution is 6.04. The van der Waals surface area contributed by atoms with Gasteiger partial charge in [0.15, 0.2) is 0 Å². The zero-order chi connectivity index (χ0) is 36.7. The number of fused-ring (bicyclic) bond motifs is 7. The molecule has 0 saturated heterocycles. The molecule has 3 unspecified atom stereocenters. The van der Waals surface area contributed by atoms with Gasteiger partial charge in [-0.3, -0.25) is 0 Å². The maximum absolute atomic E-state index is 2.57. The van der Waals surface area contributed by atoms with Crippen molar-refractivity contribution in [3.8, 4) is 22.3 Å². The Morgan fingerprint density at radius 1 is 0.509 bits per heavy atom. The van der Waals surface area contributed by atoms with E-state index in [1.165, 1.54) is 135 Å². The van der Waals surface area contributed by atoms with E-state index in [0.717, 1.165) is 17.8 Å². The van der Waals surface area contributed by atoms with Gasteiger partial charge in [0.05, 0.1) is 5.69 Å². The molecule has 0 N–H and O–H groups in total. The Hall–Kier alpha value is -5.14. The van der Waals surface area contributed by atoms with E-state index in [2.05, 4.69) is 158 Å². The highest BCUT2D eigenvalue weighted by Gasteiger charge is 2.40. The van der Waals surface area contributed by atoms with Crippen LogP contribution in [0.4, 0.5) is 17.1 Å². The molecule has 1 heteroatoms. The predicted molar refractivity (Wildman–Crippen MR) is 233 cm³/mol. The Labute approximate surface area is 327 Å². The summed E-state index contributed by atoms with van der Waals surface area (Å²) in [6, 6.07) is 54.0. The maximum atomic E-state index is 2.57. The lowest BCUT2D eigenvalue weighted by Crippen LogP contribution is -2.17. The van der Waals surface area contributed by atoms with E-state index in [1.54, 1.807) is 5.56 Å². The van der Waals surface area contributed by atoms with Crippen LogP contribution in [0.3, 0.4) is 0 Å². The molecule has 3 saturated carbocycles. The van der Waals surface area contributed by atoms with Crippen molar-refractivity contribution in [1.29, 1.82) is 0 Å². The second kappa shape index (κ2) is 13.0. The van der Waals surface area contributed by atoms with Gasteiger partial charge in [-0.25, -0.2) is 0 Å². The lowest BCUT2D eigenvalue weighted by Gasteiger charge is -2.30. The fourth-order valence-electron chi connectivity index (χ4n) is 11.7. The van der Waals surface area contributed by atoms with Gasteiger partial charge < -0.3 is 4.90 Å². The van der Waals surface area contributed by atoms with Crippen molar-refractivity contribution in [1.82, 2.24) is 0 Å². The van der Waals surface area contributed by atoms with Crippen molar-refractivity contribution >= 4 is 38.6 Å². The van der Waals surface area contributed by atoms with Gasteiger partial charge in [0.25, 0.3) is 0 Å². The Kier molecular flexibility index (Phi) is 7.84. The molecule has 55 heavy (non-hydrogen) atoms. The van der Waals surface area contributed by atoms with Crippen molar-refractivity contribution in [2.75, 3.05) is 4.90 Å². The van der Waals surface area contributed by atoms with Crippen molar-refractivity contribution in [2.24, 2.45) is 11.8 Å². The summed E-state index contributed by atoms with van der Waals surface area (Å²) >= 11 is 0. The summed E-state index contributed by atoms with van der Waals surface area (Å²) in [5.41, 5.74) is 14.8. The van der Waals surface area contributed by atoms with Gasteiger partial charge in [-0.05, 0) is 153 Å². The molecular weight excluding hydrogens is 663 g/mol. The molecule has 0 spiro atoms. The predicted octanol–water partition coefficient (Wildman–Crippen LogP) is 15.4. The van der Waals surface area contributed by atoms with Crippen molar-refractivity contribution in [2.45, 2.75) is 88.9 Å². The summed E-state index contributed by atoms with van der Waals surface area (Å²) in [6.45, 7) is 4.86. The van der Waals surface area contributed by atoms with Crippen LogP contribution in [-0.4, -0.2) is 0 Å². The van der Waals surface area contributed by atoms with E-state index < -0.39 is 0 Å².